The molecule has 3 aromatic carbocycles. The number of esters is 1. The van der Waals surface area contributed by atoms with Crippen LogP contribution in [0.25, 0.3) is 16.8 Å². The van der Waals surface area contributed by atoms with E-state index in [-0.39, 0.29) is 38.2 Å². The highest BCUT2D eigenvalue weighted by molar-refractivity contribution is 9.10. The lowest BCUT2D eigenvalue weighted by Crippen LogP contribution is -2.40. The minimum atomic E-state index is -0.816. The van der Waals surface area contributed by atoms with Crippen molar-refractivity contribution in [3.05, 3.63) is 111 Å². The van der Waals surface area contributed by atoms with E-state index in [1.54, 1.807) is 13.8 Å². The van der Waals surface area contributed by atoms with Crippen molar-refractivity contribution in [1.29, 1.82) is 0 Å². The maximum absolute atomic E-state index is 13.9. The number of nitro benzene ring substituents is 1. The molecule has 0 amide bonds. The van der Waals surface area contributed by atoms with E-state index in [1.807, 2.05) is 42.5 Å². The molecule has 11 heteroatoms. The molecular weight excluding hydrogens is 574 g/mol. The van der Waals surface area contributed by atoms with Crippen LogP contribution in [0.1, 0.15) is 31.0 Å². The summed E-state index contributed by atoms with van der Waals surface area (Å²) in [6.45, 7) is 3.56. The minimum absolute atomic E-state index is 0.0966. The van der Waals surface area contributed by atoms with Crippen molar-refractivity contribution >= 4 is 55.8 Å². The van der Waals surface area contributed by atoms with Gasteiger partial charge in [-0.15, -0.1) is 0 Å². The van der Waals surface area contributed by atoms with E-state index < -0.39 is 22.5 Å². The first kappa shape index (κ1) is 25.6. The molecule has 1 N–H and O–H groups in total. The van der Waals surface area contributed by atoms with Crippen LogP contribution in [0.4, 0.5) is 5.69 Å². The topological polar surface area (TPSA) is 124 Å². The van der Waals surface area contributed by atoms with Gasteiger partial charge in [-0.3, -0.25) is 19.5 Å². The van der Waals surface area contributed by atoms with Gasteiger partial charge in [0.05, 0.1) is 37.8 Å². The summed E-state index contributed by atoms with van der Waals surface area (Å²) < 4.78 is 7.12. The second kappa shape index (κ2) is 9.99. The summed E-state index contributed by atoms with van der Waals surface area (Å²) in [4.78, 5) is 42.7. The number of aromatic hydroxyl groups is 1. The summed E-state index contributed by atoms with van der Waals surface area (Å²) in [5, 5.41) is 23.7. The molecule has 1 aromatic heterocycles. The molecule has 0 spiro atoms. The number of phenolic OH excluding ortho intramolecular Hbond substituents is 1. The van der Waals surface area contributed by atoms with E-state index in [4.69, 9.17) is 4.74 Å². The van der Waals surface area contributed by atoms with Gasteiger partial charge in [-0.2, -0.15) is 0 Å². The molecule has 0 radical (unpaired) electrons. The van der Waals surface area contributed by atoms with E-state index in [2.05, 4.69) is 20.9 Å². The minimum Gasteiger partial charge on any atom is -0.506 e. The van der Waals surface area contributed by atoms with Gasteiger partial charge in [-0.05, 0) is 52.2 Å². The summed E-state index contributed by atoms with van der Waals surface area (Å²) in [6, 6.07) is 14.9. The van der Waals surface area contributed by atoms with E-state index in [9.17, 15) is 24.8 Å². The average molecular weight is 594 g/mol. The van der Waals surface area contributed by atoms with Crippen molar-refractivity contribution in [3.8, 4) is 5.75 Å². The molecule has 1 atom stereocenters. The number of ether oxygens (including phenoxy) is 1. The van der Waals surface area contributed by atoms with Gasteiger partial charge in [-0.1, -0.05) is 53.8 Å². The molecule has 5 rings (SSSR count). The molecule has 0 saturated heterocycles. The number of hydrogen-bond acceptors (Lipinski definition) is 8. The van der Waals surface area contributed by atoms with Crippen LogP contribution in [0.2, 0.25) is 0 Å². The van der Waals surface area contributed by atoms with Gasteiger partial charge in [0.15, 0.2) is 4.80 Å². The largest absolute Gasteiger partial charge is 0.506 e. The molecular formula is C27H20BrN3O6S. The molecule has 1 unspecified atom stereocenters. The lowest BCUT2D eigenvalue weighted by Gasteiger charge is -2.25. The Labute approximate surface area is 227 Å². The zero-order valence-electron chi connectivity index (χ0n) is 20.2. The van der Waals surface area contributed by atoms with E-state index in [0.717, 1.165) is 27.7 Å². The van der Waals surface area contributed by atoms with Crippen molar-refractivity contribution < 1.29 is 19.6 Å². The standard InChI is InChI=1S/C27H20BrN3O6S/c1-3-37-26(34)22-14(2)29-27-30(23(22)19-10-6-8-15-7-4-5-9-18(15)19)25(33)21(38-27)12-16-11-17(31(35)36)13-20(28)24(16)32/h4-13,23,32H,3H2,1-2H3/b21-12-. The van der Waals surface area contributed by atoms with Crippen LogP contribution in [-0.2, 0) is 9.53 Å². The Bertz CT molecular complexity index is 1850. The molecule has 4 aromatic rings. The van der Waals surface area contributed by atoms with Gasteiger partial charge in [0.2, 0.25) is 0 Å². The highest BCUT2D eigenvalue weighted by atomic mass is 79.9. The van der Waals surface area contributed by atoms with Crippen LogP contribution in [-0.4, -0.2) is 27.2 Å². The van der Waals surface area contributed by atoms with Crippen LogP contribution in [0, 0.1) is 10.1 Å². The van der Waals surface area contributed by atoms with Crippen LogP contribution in [0.3, 0.4) is 0 Å². The van der Waals surface area contributed by atoms with E-state index in [1.165, 1.54) is 22.8 Å². The molecule has 9 nitrogen and oxygen atoms in total. The zero-order valence-corrected chi connectivity index (χ0v) is 22.6. The van der Waals surface area contributed by atoms with Gasteiger partial charge >= 0.3 is 5.97 Å². The molecule has 38 heavy (non-hydrogen) atoms. The van der Waals surface area contributed by atoms with Crippen molar-refractivity contribution in [3.63, 3.8) is 0 Å². The molecule has 0 fully saturated rings. The average Bonchev–Trinajstić information content (AvgIpc) is 3.19. The van der Waals surface area contributed by atoms with Crippen molar-refractivity contribution in [1.82, 2.24) is 4.57 Å². The number of fused-ring (bicyclic) bond motifs is 2. The maximum atomic E-state index is 13.9. The number of non-ortho nitro benzene ring substituents is 1. The molecule has 1 aliphatic heterocycles. The molecule has 0 aliphatic carbocycles. The Morgan fingerprint density at radius 2 is 2.00 bits per heavy atom. The van der Waals surface area contributed by atoms with Gasteiger partial charge in [-0.25, -0.2) is 9.79 Å². The fourth-order valence-corrected chi connectivity index (χ4v) is 6.04. The third-order valence-electron chi connectivity index (χ3n) is 6.21. The van der Waals surface area contributed by atoms with E-state index >= 15 is 0 Å². The number of aromatic nitrogens is 1. The number of halogens is 1. The van der Waals surface area contributed by atoms with Gasteiger partial charge in [0, 0.05) is 17.7 Å². The van der Waals surface area contributed by atoms with Gasteiger partial charge in [0.1, 0.15) is 5.75 Å². The van der Waals surface area contributed by atoms with Crippen molar-refractivity contribution in [2.24, 2.45) is 4.99 Å². The summed E-state index contributed by atoms with van der Waals surface area (Å²) in [5.41, 5.74) is 0.803. The summed E-state index contributed by atoms with van der Waals surface area (Å²) >= 11 is 4.20. The highest BCUT2D eigenvalue weighted by Gasteiger charge is 2.34. The summed E-state index contributed by atoms with van der Waals surface area (Å²) in [5.74, 6) is -0.809. The number of nitrogens with zero attached hydrogens (tertiary/aromatic N) is 3. The Kier molecular flexibility index (Phi) is 6.72. The van der Waals surface area contributed by atoms with E-state index in [0.29, 0.717) is 10.5 Å². The smallest absolute Gasteiger partial charge is 0.338 e. The first-order chi connectivity index (χ1) is 18.2. The Balaban J connectivity index is 1.81. The molecule has 0 saturated carbocycles. The first-order valence-electron chi connectivity index (χ1n) is 11.6. The quantitative estimate of drug-likeness (QED) is 0.209. The number of hydrogen-bond donors (Lipinski definition) is 1. The highest BCUT2D eigenvalue weighted by Crippen LogP contribution is 2.35. The first-order valence-corrected chi connectivity index (χ1v) is 13.2. The number of carbonyl (C=O) groups is 1. The number of benzene rings is 3. The van der Waals surface area contributed by atoms with Crippen LogP contribution in [0.15, 0.2) is 80.1 Å². The Morgan fingerprint density at radius 3 is 2.74 bits per heavy atom. The Morgan fingerprint density at radius 1 is 1.26 bits per heavy atom. The SMILES string of the molecule is CCOC(=O)C1=C(C)N=c2s/c(=C\c3cc([N+](=O)[O-])cc(Br)c3O)c(=O)n2C1c1cccc2ccccc12. The van der Waals surface area contributed by atoms with Gasteiger partial charge < -0.3 is 9.84 Å². The fraction of sp³-hybridized carbons (Fsp3) is 0.148. The molecule has 0 bridgehead atoms. The molecule has 192 valence electrons. The summed E-state index contributed by atoms with van der Waals surface area (Å²) in [6.07, 6.45) is 1.39. The number of nitro groups is 1. The second-order valence-corrected chi connectivity index (χ2v) is 10.4. The number of rotatable bonds is 5. The van der Waals surface area contributed by atoms with Crippen LogP contribution >= 0.6 is 27.3 Å². The van der Waals surface area contributed by atoms with Crippen molar-refractivity contribution in [2.75, 3.05) is 6.61 Å². The fourth-order valence-electron chi connectivity index (χ4n) is 4.54. The third-order valence-corrected chi connectivity index (χ3v) is 7.80. The Hall–Kier alpha value is -4.09. The number of phenols is 1. The lowest BCUT2D eigenvalue weighted by molar-refractivity contribution is -0.385. The van der Waals surface area contributed by atoms with Crippen molar-refractivity contribution in [2.45, 2.75) is 19.9 Å². The number of carbonyl (C=O) groups excluding carboxylic acids is 1. The summed E-state index contributed by atoms with van der Waals surface area (Å²) in [7, 11) is 0. The third kappa shape index (κ3) is 4.33. The monoisotopic (exact) mass is 593 g/mol. The molecule has 2 heterocycles. The van der Waals surface area contributed by atoms with Gasteiger partial charge in [0.25, 0.3) is 11.2 Å². The maximum Gasteiger partial charge on any atom is 0.338 e. The number of allylic oxidation sites excluding steroid dienone is 1. The second-order valence-electron chi connectivity index (χ2n) is 8.49. The normalized spacial score (nSPS) is 15.3. The predicted molar refractivity (Wildman–Crippen MR) is 147 cm³/mol. The van der Waals surface area contributed by atoms with Crippen LogP contribution < -0.4 is 14.9 Å². The predicted octanol–water partition coefficient (Wildman–Crippen LogP) is 4.33. The number of thiazole rings is 1. The lowest BCUT2D eigenvalue weighted by atomic mass is 9.91. The molecule has 1 aliphatic rings. The zero-order chi connectivity index (χ0) is 27.1. The van der Waals surface area contributed by atoms with Crippen LogP contribution in [0.5, 0.6) is 5.75 Å².